The summed E-state index contributed by atoms with van der Waals surface area (Å²) in [7, 11) is -3.74. The van der Waals surface area contributed by atoms with E-state index in [1.165, 1.54) is 0 Å². The van der Waals surface area contributed by atoms with Crippen molar-refractivity contribution >= 4 is 10.1 Å². The molecule has 1 atom stereocenters. The summed E-state index contributed by atoms with van der Waals surface area (Å²) in [4.78, 5) is 0. The van der Waals surface area contributed by atoms with Gasteiger partial charge in [-0.15, -0.1) is 0 Å². The predicted molar refractivity (Wildman–Crippen MR) is 100 cm³/mol. The molecule has 3 nitrogen and oxygen atoms in total. The van der Waals surface area contributed by atoms with Gasteiger partial charge in [0.05, 0.1) is 5.75 Å². The molecule has 0 aliphatic carbocycles. The van der Waals surface area contributed by atoms with E-state index < -0.39 is 10.1 Å². The van der Waals surface area contributed by atoms with Crippen molar-refractivity contribution in [2.75, 3.05) is 5.75 Å². The van der Waals surface area contributed by atoms with E-state index in [9.17, 15) is 8.42 Å². The van der Waals surface area contributed by atoms with Gasteiger partial charge in [-0.3, -0.25) is 0 Å². The minimum atomic E-state index is -3.74. The van der Waals surface area contributed by atoms with Gasteiger partial charge in [-0.05, 0) is 30.2 Å². The average Bonchev–Trinajstić information content (AvgIpc) is 2.62. The highest BCUT2D eigenvalue weighted by atomic mass is 32.2. The lowest BCUT2D eigenvalue weighted by Gasteiger charge is -2.18. The van der Waals surface area contributed by atoms with E-state index in [4.69, 9.17) is 4.18 Å². The van der Waals surface area contributed by atoms with Crippen molar-refractivity contribution in [1.82, 2.24) is 0 Å². The fraction of sp³-hybridized carbons (Fsp3) is 0.143. The largest absolute Gasteiger partial charge is 0.382 e. The topological polar surface area (TPSA) is 43.4 Å². The molecule has 4 heteroatoms. The second-order valence-corrected chi connectivity index (χ2v) is 7.61. The Morgan fingerprint density at radius 1 is 0.760 bits per heavy atom. The van der Waals surface area contributed by atoms with Gasteiger partial charge >= 0.3 is 10.1 Å². The number of aryl methyl sites for hydroxylation is 1. The van der Waals surface area contributed by atoms with Crippen LogP contribution in [0.2, 0.25) is 0 Å². The summed E-state index contributed by atoms with van der Waals surface area (Å²) in [6.07, 6.45) is 0. The van der Waals surface area contributed by atoms with Gasteiger partial charge in [0.15, 0.2) is 0 Å². The normalized spacial score (nSPS) is 12.5. The first-order valence-electron chi connectivity index (χ1n) is 8.12. The van der Waals surface area contributed by atoms with Gasteiger partial charge in [-0.1, -0.05) is 78.4 Å². The van der Waals surface area contributed by atoms with Crippen LogP contribution in [0.3, 0.4) is 0 Å². The van der Waals surface area contributed by atoms with Gasteiger partial charge in [0.1, 0.15) is 5.75 Å². The molecule has 128 valence electrons. The van der Waals surface area contributed by atoms with Gasteiger partial charge < -0.3 is 4.18 Å². The SMILES string of the molecule is Cc1ccc([C@@H](CS(=O)(=O)Oc2ccccc2)c2ccccc2)cc1. The van der Waals surface area contributed by atoms with Crippen molar-refractivity contribution in [1.29, 1.82) is 0 Å². The molecule has 0 N–H and O–H groups in total. The van der Waals surface area contributed by atoms with Crippen LogP contribution in [-0.4, -0.2) is 14.2 Å². The van der Waals surface area contributed by atoms with Gasteiger partial charge in [-0.2, -0.15) is 8.42 Å². The first kappa shape index (κ1) is 17.2. The molecule has 0 saturated carbocycles. The molecule has 0 aromatic heterocycles. The fourth-order valence-corrected chi connectivity index (χ4v) is 4.00. The number of hydrogen-bond acceptors (Lipinski definition) is 3. The summed E-state index contributed by atoms with van der Waals surface area (Å²) in [5.74, 6) is -0.0664. The maximum Gasteiger partial charge on any atom is 0.310 e. The third-order valence-corrected chi connectivity index (χ3v) is 5.21. The highest BCUT2D eigenvalue weighted by molar-refractivity contribution is 7.87. The lowest BCUT2D eigenvalue weighted by atomic mass is 9.92. The van der Waals surface area contributed by atoms with Crippen LogP contribution in [0.4, 0.5) is 0 Å². The molecule has 0 saturated heterocycles. The zero-order valence-corrected chi connectivity index (χ0v) is 14.8. The summed E-state index contributed by atoms with van der Waals surface area (Å²) in [5.41, 5.74) is 3.04. The Morgan fingerprint density at radius 3 is 1.88 bits per heavy atom. The average molecular weight is 352 g/mol. The summed E-state index contributed by atoms with van der Waals surface area (Å²) in [6, 6.07) is 26.2. The number of rotatable bonds is 6. The Morgan fingerprint density at radius 2 is 1.28 bits per heavy atom. The minimum Gasteiger partial charge on any atom is -0.382 e. The quantitative estimate of drug-likeness (QED) is 0.612. The van der Waals surface area contributed by atoms with Gasteiger partial charge in [0.2, 0.25) is 0 Å². The van der Waals surface area contributed by atoms with Crippen molar-refractivity contribution in [3.05, 3.63) is 102 Å². The Kier molecular flexibility index (Phi) is 5.19. The highest BCUT2D eigenvalue weighted by Crippen LogP contribution is 2.27. The first-order chi connectivity index (χ1) is 12.0. The van der Waals surface area contributed by atoms with E-state index >= 15 is 0 Å². The standard InChI is InChI=1S/C21H20O3S/c1-17-12-14-19(15-13-17)21(18-8-4-2-5-9-18)16-25(22,23)24-20-10-6-3-7-11-20/h2-15,21H,16H2,1H3/t21-/m0/s1. The van der Waals surface area contributed by atoms with Crippen LogP contribution in [0.25, 0.3) is 0 Å². The van der Waals surface area contributed by atoms with Crippen molar-refractivity contribution < 1.29 is 12.6 Å². The maximum absolute atomic E-state index is 12.6. The molecule has 0 spiro atoms. The Balaban J connectivity index is 1.91. The molecule has 0 aliphatic rings. The third kappa shape index (κ3) is 4.70. The Hall–Kier alpha value is -2.59. The van der Waals surface area contributed by atoms with E-state index in [1.54, 1.807) is 24.3 Å². The van der Waals surface area contributed by atoms with Gasteiger partial charge in [0.25, 0.3) is 0 Å². The van der Waals surface area contributed by atoms with E-state index in [1.807, 2.05) is 67.6 Å². The third-order valence-electron chi connectivity index (χ3n) is 4.02. The summed E-state index contributed by atoms with van der Waals surface area (Å²) in [6.45, 7) is 2.01. The molecule has 0 aliphatic heterocycles. The molecule has 25 heavy (non-hydrogen) atoms. The molecule has 3 aromatic rings. The molecular weight excluding hydrogens is 332 g/mol. The van der Waals surface area contributed by atoms with Gasteiger partial charge in [-0.25, -0.2) is 0 Å². The van der Waals surface area contributed by atoms with Crippen LogP contribution in [0.1, 0.15) is 22.6 Å². The fourth-order valence-electron chi connectivity index (χ4n) is 2.73. The minimum absolute atomic E-state index is 0.116. The van der Waals surface area contributed by atoms with Crippen LogP contribution in [-0.2, 0) is 10.1 Å². The smallest absolute Gasteiger partial charge is 0.310 e. The van der Waals surface area contributed by atoms with Crippen molar-refractivity contribution in [3.8, 4) is 5.75 Å². The molecule has 3 aromatic carbocycles. The molecule has 0 heterocycles. The van der Waals surface area contributed by atoms with Crippen molar-refractivity contribution in [3.63, 3.8) is 0 Å². The molecule has 0 unspecified atom stereocenters. The Labute approximate surface area is 149 Å². The Bertz CT molecular complexity index is 902. The zero-order chi connectivity index (χ0) is 17.7. The molecule has 0 radical (unpaired) electrons. The van der Waals surface area contributed by atoms with Crippen molar-refractivity contribution in [2.24, 2.45) is 0 Å². The number of para-hydroxylation sites is 1. The summed E-state index contributed by atoms with van der Waals surface area (Å²) < 4.78 is 30.5. The van der Waals surface area contributed by atoms with Crippen LogP contribution < -0.4 is 4.18 Å². The number of benzene rings is 3. The second-order valence-electron chi connectivity index (χ2n) is 5.99. The van der Waals surface area contributed by atoms with Crippen LogP contribution in [0.15, 0.2) is 84.9 Å². The second kappa shape index (κ2) is 7.53. The highest BCUT2D eigenvalue weighted by Gasteiger charge is 2.24. The lowest BCUT2D eigenvalue weighted by Crippen LogP contribution is -2.20. The van der Waals surface area contributed by atoms with Crippen LogP contribution in [0, 0.1) is 6.92 Å². The molecule has 3 rings (SSSR count). The van der Waals surface area contributed by atoms with Gasteiger partial charge in [0, 0.05) is 5.92 Å². The summed E-state index contributed by atoms with van der Waals surface area (Å²) in [5, 5.41) is 0. The first-order valence-corrected chi connectivity index (χ1v) is 9.70. The van der Waals surface area contributed by atoms with E-state index in [-0.39, 0.29) is 11.7 Å². The molecule has 0 bridgehead atoms. The number of hydrogen-bond donors (Lipinski definition) is 0. The molecule has 0 amide bonds. The summed E-state index contributed by atoms with van der Waals surface area (Å²) >= 11 is 0. The van der Waals surface area contributed by atoms with Crippen LogP contribution >= 0.6 is 0 Å². The van der Waals surface area contributed by atoms with E-state index in [2.05, 4.69) is 0 Å². The molecular formula is C21H20O3S. The zero-order valence-electron chi connectivity index (χ0n) is 14.0. The molecule has 0 fully saturated rings. The predicted octanol–water partition coefficient (Wildman–Crippen LogP) is 4.54. The maximum atomic E-state index is 12.6. The monoisotopic (exact) mass is 352 g/mol. The lowest BCUT2D eigenvalue weighted by molar-refractivity contribution is 0.483. The van der Waals surface area contributed by atoms with Crippen LogP contribution in [0.5, 0.6) is 5.75 Å². The van der Waals surface area contributed by atoms with E-state index in [0.29, 0.717) is 5.75 Å². The van der Waals surface area contributed by atoms with E-state index in [0.717, 1.165) is 16.7 Å². The van der Waals surface area contributed by atoms with Crippen molar-refractivity contribution in [2.45, 2.75) is 12.8 Å².